The third-order valence-electron chi connectivity index (χ3n) is 4.48. The van der Waals surface area contributed by atoms with Crippen molar-refractivity contribution in [2.75, 3.05) is 7.11 Å². The standard InChI is InChI=1S/C20H27NO5S2/c1-6-15(4)21(20(22)19-8-7-11-27-19)13-16-9-10-17(25-5)18(12-16)26-28(23,24)14(2)3/h7-12,14-15H,6,13H2,1-5H3/t15-/m1/s1. The number of hydrogen-bond donors (Lipinski definition) is 0. The molecular formula is C20H27NO5S2. The summed E-state index contributed by atoms with van der Waals surface area (Å²) < 4.78 is 34.9. The summed E-state index contributed by atoms with van der Waals surface area (Å²) in [7, 11) is -2.31. The van der Waals surface area contributed by atoms with Gasteiger partial charge < -0.3 is 13.8 Å². The fraction of sp³-hybridized carbons (Fsp3) is 0.450. The molecule has 2 aromatic rings. The van der Waals surface area contributed by atoms with Crippen LogP contribution in [0.15, 0.2) is 35.7 Å². The smallest absolute Gasteiger partial charge is 0.311 e. The summed E-state index contributed by atoms with van der Waals surface area (Å²) in [6.07, 6.45) is 0.804. The van der Waals surface area contributed by atoms with E-state index < -0.39 is 15.4 Å². The molecule has 1 aromatic carbocycles. The van der Waals surface area contributed by atoms with Gasteiger partial charge in [0.2, 0.25) is 0 Å². The number of methoxy groups -OCH3 is 1. The molecule has 1 heterocycles. The third kappa shape index (κ3) is 5.26. The van der Waals surface area contributed by atoms with E-state index in [1.54, 1.807) is 36.9 Å². The molecule has 0 bridgehead atoms. The Labute approximate surface area is 171 Å². The molecule has 0 saturated carbocycles. The first-order valence-electron chi connectivity index (χ1n) is 9.14. The summed E-state index contributed by atoms with van der Waals surface area (Å²) in [5.74, 6) is 0.409. The van der Waals surface area contributed by atoms with Crippen LogP contribution >= 0.6 is 11.3 Å². The number of carbonyl (C=O) groups excluding carboxylic acids is 1. The van der Waals surface area contributed by atoms with E-state index in [0.717, 1.165) is 12.0 Å². The minimum Gasteiger partial charge on any atom is -0.493 e. The molecule has 28 heavy (non-hydrogen) atoms. The molecule has 6 nitrogen and oxygen atoms in total. The molecule has 0 radical (unpaired) electrons. The van der Waals surface area contributed by atoms with Crippen LogP contribution in [0.2, 0.25) is 0 Å². The van der Waals surface area contributed by atoms with Crippen LogP contribution in [0.4, 0.5) is 0 Å². The predicted molar refractivity (Wildman–Crippen MR) is 112 cm³/mol. The van der Waals surface area contributed by atoms with Crippen molar-refractivity contribution in [2.45, 2.75) is 52.0 Å². The second-order valence-corrected chi connectivity index (χ2v) is 9.82. The monoisotopic (exact) mass is 425 g/mol. The Balaban J connectivity index is 2.34. The normalized spacial score (nSPS) is 12.6. The molecule has 2 rings (SSSR count). The lowest BCUT2D eigenvalue weighted by Crippen LogP contribution is -2.37. The Morgan fingerprint density at radius 1 is 1.18 bits per heavy atom. The zero-order valence-corrected chi connectivity index (χ0v) is 18.5. The summed E-state index contributed by atoms with van der Waals surface area (Å²) in [6, 6.07) is 8.77. The Kier molecular flexibility index (Phi) is 7.48. The Hall–Kier alpha value is -2.06. The van der Waals surface area contributed by atoms with E-state index in [1.165, 1.54) is 18.4 Å². The van der Waals surface area contributed by atoms with E-state index in [9.17, 15) is 13.2 Å². The summed E-state index contributed by atoms with van der Waals surface area (Å²) in [6.45, 7) is 7.46. The van der Waals surface area contributed by atoms with Crippen LogP contribution < -0.4 is 8.92 Å². The summed E-state index contributed by atoms with van der Waals surface area (Å²) in [4.78, 5) is 15.4. The average Bonchev–Trinajstić information content (AvgIpc) is 3.19. The molecule has 0 aliphatic rings. The van der Waals surface area contributed by atoms with Gasteiger partial charge in [0, 0.05) is 12.6 Å². The van der Waals surface area contributed by atoms with Crippen LogP contribution in [0.1, 0.15) is 49.4 Å². The first-order valence-corrected chi connectivity index (χ1v) is 11.5. The van der Waals surface area contributed by atoms with Gasteiger partial charge in [0.1, 0.15) is 0 Å². The minimum atomic E-state index is -3.76. The molecule has 0 aliphatic heterocycles. The number of amides is 1. The van der Waals surface area contributed by atoms with Crippen molar-refractivity contribution in [3.63, 3.8) is 0 Å². The van der Waals surface area contributed by atoms with Crippen LogP contribution in [0.3, 0.4) is 0 Å². The number of ether oxygens (including phenoxy) is 1. The lowest BCUT2D eigenvalue weighted by atomic mass is 10.1. The van der Waals surface area contributed by atoms with E-state index >= 15 is 0 Å². The highest BCUT2D eigenvalue weighted by molar-refractivity contribution is 7.87. The van der Waals surface area contributed by atoms with Gasteiger partial charge in [0.05, 0.1) is 17.2 Å². The van der Waals surface area contributed by atoms with Crippen molar-refractivity contribution >= 4 is 27.4 Å². The maximum atomic E-state index is 12.9. The highest BCUT2D eigenvalue weighted by atomic mass is 32.2. The zero-order chi connectivity index (χ0) is 20.9. The molecule has 8 heteroatoms. The Bertz CT molecular complexity index is 891. The fourth-order valence-corrected chi connectivity index (χ4v) is 3.74. The molecule has 0 N–H and O–H groups in total. The number of benzene rings is 1. The number of carbonyl (C=O) groups is 1. The molecule has 154 valence electrons. The SMILES string of the molecule is CC[C@@H](C)N(Cc1ccc(OC)c(OS(=O)(=O)C(C)C)c1)C(=O)c1cccs1. The van der Waals surface area contributed by atoms with Crippen LogP contribution in [-0.4, -0.2) is 37.6 Å². The maximum absolute atomic E-state index is 12.9. The Morgan fingerprint density at radius 2 is 1.89 bits per heavy atom. The molecule has 0 saturated heterocycles. The first-order chi connectivity index (χ1) is 13.2. The van der Waals surface area contributed by atoms with E-state index in [0.29, 0.717) is 17.2 Å². The molecule has 1 amide bonds. The summed E-state index contributed by atoms with van der Waals surface area (Å²) in [5, 5.41) is 1.19. The molecule has 0 fully saturated rings. The van der Waals surface area contributed by atoms with Gasteiger partial charge in [-0.25, -0.2) is 0 Å². The second kappa shape index (κ2) is 9.43. The van der Waals surface area contributed by atoms with Gasteiger partial charge in [-0.1, -0.05) is 19.1 Å². The number of hydrogen-bond acceptors (Lipinski definition) is 6. The quantitative estimate of drug-likeness (QED) is 0.560. The third-order valence-corrected chi connectivity index (χ3v) is 6.90. The molecule has 0 unspecified atom stereocenters. The van der Waals surface area contributed by atoms with Crippen molar-refractivity contribution in [3.05, 3.63) is 46.2 Å². The van der Waals surface area contributed by atoms with Crippen molar-refractivity contribution in [3.8, 4) is 11.5 Å². The summed E-state index contributed by atoms with van der Waals surface area (Å²) in [5.41, 5.74) is 0.764. The van der Waals surface area contributed by atoms with Crippen LogP contribution in [0.25, 0.3) is 0 Å². The molecule has 0 aliphatic carbocycles. The van der Waals surface area contributed by atoms with Crippen molar-refractivity contribution < 1.29 is 22.1 Å². The number of thiophene rings is 1. The van der Waals surface area contributed by atoms with Gasteiger partial charge in [-0.2, -0.15) is 8.42 Å². The number of nitrogens with zero attached hydrogens (tertiary/aromatic N) is 1. The average molecular weight is 426 g/mol. The zero-order valence-electron chi connectivity index (χ0n) is 16.8. The highest BCUT2D eigenvalue weighted by Gasteiger charge is 2.24. The van der Waals surface area contributed by atoms with E-state index in [1.807, 2.05) is 31.4 Å². The Morgan fingerprint density at radius 3 is 2.43 bits per heavy atom. The van der Waals surface area contributed by atoms with Gasteiger partial charge in [0.15, 0.2) is 11.5 Å². The number of rotatable bonds is 9. The van der Waals surface area contributed by atoms with Crippen LogP contribution in [-0.2, 0) is 16.7 Å². The lowest BCUT2D eigenvalue weighted by Gasteiger charge is -2.28. The highest BCUT2D eigenvalue weighted by Crippen LogP contribution is 2.31. The van der Waals surface area contributed by atoms with E-state index in [2.05, 4.69) is 0 Å². The molecular weight excluding hydrogens is 398 g/mol. The van der Waals surface area contributed by atoms with Gasteiger partial charge in [0.25, 0.3) is 5.91 Å². The van der Waals surface area contributed by atoms with Gasteiger partial charge in [-0.15, -0.1) is 11.3 Å². The van der Waals surface area contributed by atoms with E-state index in [4.69, 9.17) is 8.92 Å². The minimum absolute atomic E-state index is 0.0282. The molecule has 1 atom stereocenters. The van der Waals surface area contributed by atoms with Gasteiger partial charge in [-0.05, 0) is 56.3 Å². The van der Waals surface area contributed by atoms with Crippen molar-refractivity contribution in [2.24, 2.45) is 0 Å². The largest absolute Gasteiger partial charge is 0.493 e. The van der Waals surface area contributed by atoms with Gasteiger partial charge in [-0.3, -0.25) is 4.79 Å². The lowest BCUT2D eigenvalue weighted by molar-refractivity contribution is 0.0676. The molecule has 1 aromatic heterocycles. The summed E-state index contributed by atoms with van der Waals surface area (Å²) >= 11 is 1.40. The van der Waals surface area contributed by atoms with Crippen molar-refractivity contribution in [1.29, 1.82) is 0 Å². The van der Waals surface area contributed by atoms with Crippen molar-refractivity contribution in [1.82, 2.24) is 4.90 Å². The molecule has 0 spiro atoms. The van der Waals surface area contributed by atoms with Gasteiger partial charge >= 0.3 is 10.1 Å². The predicted octanol–water partition coefficient (Wildman–Crippen LogP) is 4.31. The maximum Gasteiger partial charge on any atom is 0.311 e. The topological polar surface area (TPSA) is 72.9 Å². The fourth-order valence-electron chi connectivity index (χ4n) is 2.49. The second-order valence-electron chi connectivity index (χ2n) is 6.78. The van der Waals surface area contributed by atoms with E-state index in [-0.39, 0.29) is 17.7 Å². The first kappa shape index (κ1) is 22.2. The van der Waals surface area contributed by atoms with Crippen LogP contribution in [0, 0.1) is 0 Å². The van der Waals surface area contributed by atoms with Crippen LogP contribution in [0.5, 0.6) is 11.5 Å².